The van der Waals surface area contributed by atoms with E-state index in [1.54, 1.807) is 0 Å². The van der Waals surface area contributed by atoms with Crippen molar-refractivity contribution in [3.05, 3.63) is 34.9 Å². The first-order valence-corrected chi connectivity index (χ1v) is 8.60. The van der Waals surface area contributed by atoms with Crippen molar-refractivity contribution in [2.75, 3.05) is 6.61 Å². The van der Waals surface area contributed by atoms with Crippen LogP contribution >= 0.6 is 0 Å². The number of carbonyl (C=O) groups excluding carboxylic acids is 1. The lowest BCUT2D eigenvalue weighted by Crippen LogP contribution is -2.51. The Hall–Kier alpha value is -1.15. The number of aliphatic hydroxyl groups excluding tert-OH is 1. The van der Waals surface area contributed by atoms with Gasteiger partial charge >= 0.3 is 0 Å². The van der Waals surface area contributed by atoms with E-state index >= 15 is 0 Å². The van der Waals surface area contributed by atoms with Gasteiger partial charge in [-0.15, -0.1) is 0 Å². The van der Waals surface area contributed by atoms with Crippen LogP contribution in [0.1, 0.15) is 80.8 Å². The number of hydrogen-bond donors (Lipinski definition) is 1. The number of ketones is 1. The fourth-order valence-electron chi connectivity index (χ4n) is 4.91. The van der Waals surface area contributed by atoms with Crippen LogP contribution in [0.2, 0.25) is 0 Å². The molecule has 22 heavy (non-hydrogen) atoms. The smallest absolute Gasteiger partial charge is 0.163 e. The van der Waals surface area contributed by atoms with Crippen molar-refractivity contribution in [2.45, 2.75) is 64.7 Å². The van der Waals surface area contributed by atoms with E-state index in [2.05, 4.69) is 45.9 Å². The fraction of sp³-hybridized carbons (Fsp3) is 0.650. The second-order valence-corrected chi connectivity index (χ2v) is 8.22. The van der Waals surface area contributed by atoms with Crippen LogP contribution in [0, 0.1) is 11.3 Å². The number of carbonyl (C=O) groups is 1. The fourth-order valence-corrected chi connectivity index (χ4v) is 4.91. The maximum absolute atomic E-state index is 12.8. The quantitative estimate of drug-likeness (QED) is 0.876. The molecule has 0 unspecified atom stereocenters. The highest BCUT2D eigenvalue weighted by Gasteiger charge is 2.53. The van der Waals surface area contributed by atoms with Crippen LogP contribution < -0.4 is 0 Å². The van der Waals surface area contributed by atoms with E-state index in [-0.39, 0.29) is 29.1 Å². The molecule has 0 bridgehead atoms. The van der Waals surface area contributed by atoms with Crippen LogP contribution in [0.25, 0.3) is 0 Å². The minimum Gasteiger partial charge on any atom is -0.396 e. The van der Waals surface area contributed by atoms with E-state index in [1.165, 1.54) is 11.1 Å². The zero-order chi connectivity index (χ0) is 16.1. The maximum Gasteiger partial charge on any atom is 0.163 e. The normalized spacial score (nSPS) is 34.5. The Kier molecular flexibility index (Phi) is 3.71. The van der Waals surface area contributed by atoms with Crippen molar-refractivity contribution in [1.82, 2.24) is 0 Å². The summed E-state index contributed by atoms with van der Waals surface area (Å²) in [5.74, 6) is 0.961. The highest BCUT2D eigenvalue weighted by atomic mass is 16.3. The van der Waals surface area contributed by atoms with Gasteiger partial charge in [0.05, 0.1) is 0 Å². The summed E-state index contributed by atoms with van der Waals surface area (Å²) < 4.78 is 0. The van der Waals surface area contributed by atoms with E-state index in [9.17, 15) is 9.90 Å². The molecule has 3 atom stereocenters. The lowest BCUT2D eigenvalue weighted by Gasteiger charge is -2.54. The van der Waals surface area contributed by atoms with E-state index < -0.39 is 0 Å². The van der Waals surface area contributed by atoms with Gasteiger partial charge < -0.3 is 5.11 Å². The summed E-state index contributed by atoms with van der Waals surface area (Å²) in [5.41, 5.74) is 3.30. The number of hydrogen-bond acceptors (Lipinski definition) is 2. The molecular formula is C20H28O2. The first-order valence-electron chi connectivity index (χ1n) is 8.60. The Morgan fingerprint density at radius 2 is 2.00 bits per heavy atom. The molecule has 0 aromatic heterocycles. The average molecular weight is 300 g/mol. The molecule has 0 saturated heterocycles. The minimum atomic E-state index is -0.128. The molecule has 2 aliphatic carbocycles. The molecule has 0 aliphatic heterocycles. The van der Waals surface area contributed by atoms with Gasteiger partial charge in [-0.25, -0.2) is 0 Å². The molecule has 1 N–H and O–H groups in total. The van der Waals surface area contributed by atoms with Crippen LogP contribution in [0.15, 0.2) is 18.2 Å². The molecule has 2 aliphatic rings. The summed E-state index contributed by atoms with van der Waals surface area (Å²) in [6.07, 6.45) is 3.86. The summed E-state index contributed by atoms with van der Waals surface area (Å²) in [4.78, 5) is 12.8. The maximum atomic E-state index is 12.8. The van der Waals surface area contributed by atoms with Crippen molar-refractivity contribution in [3.63, 3.8) is 0 Å². The summed E-state index contributed by atoms with van der Waals surface area (Å²) in [5, 5.41) is 9.94. The first kappa shape index (κ1) is 15.7. The Morgan fingerprint density at radius 3 is 2.64 bits per heavy atom. The lowest BCUT2D eigenvalue weighted by molar-refractivity contribution is -0.0141. The highest BCUT2D eigenvalue weighted by molar-refractivity contribution is 5.99. The summed E-state index contributed by atoms with van der Waals surface area (Å²) in [6, 6.07) is 6.50. The molecule has 0 radical (unpaired) electrons. The third-order valence-corrected chi connectivity index (χ3v) is 6.43. The highest BCUT2D eigenvalue weighted by Crippen LogP contribution is 2.57. The molecule has 1 aromatic carbocycles. The third kappa shape index (κ3) is 2.15. The van der Waals surface area contributed by atoms with Gasteiger partial charge in [0.15, 0.2) is 5.78 Å². The molecule has 1 fully saturated rings. The minimum absolute atomic E-state index is 0.0223. The molecule has 3 rings (SSSR count). The van der Waals surface area contributed by atoms with Gasteiger partial charge in [-0.3, -0.25) is 4.79 Å². The summed E-state index contributed by atoms with van der Waals surface area (Å²) in [6.45, 7) is 8.99. The number of fused-ring (bicyclic) bond motifs is 3. The molecule has 2 nitrogen and oxygen atoms in total. The van der Waals surface area contributed by atoms with Gasteiger partial charge in [-0.05, 0) is 52.7 Å². The van der Waals surface area contributed by atoms with Crippen molar-refractivity contribution >= 4 is 5.78 Å². The number of aliphatic hydroxyl groups is 1. The van der Waals surface area contributed by atoms with Gasteiger partial charge in [0.2, 0.25) is 0 Å². The van der Waals surface area contributed by atoms with Gasteiger partial charge in [-0.1, -0.05) is 46.2 Å². The SMILES string of the molecule is CC(C)c1ccc2c(c1)C(=O)C[C@H]1[C@](C)(CO)CCC[C@]21C. The number of benzene rings is 1. The first-order chi connectivity index (χ1) is 10.3. The van der Waals surface area contributed by atoms with E-state index in [1.807, 2.05) is 0 Å². The van der Waals surface area contributed by atoms with Gasteiger partial charge in [0, 0.05) is 18.6 Å². The van der Waals surface area contributed by atoms with Gasteiger partial charge in [-0.2, -0.15) is 0 Å². The van der Waals surface area contributed by atoms with Crippen molar-refractivity contribution in [3.8, 4) is 0 Å². The monoisotopic (exact) mass is 300 g/mol. The third-order valence-electron chi connectivity index (χ3n) is 6.43. The average Bonchev–Trinajstić information content (AvgIpc) is 2.49. The van der Waals surface area contributed by atoms with Crippen molar-refractivity contribution in [1.29, 1.82) is 0 Å². The van der Waals surface area contributed by atoms with Crippen LogP contribution in [0.3, 0.4) is 0 Å². The van der Waals surface area contributed by atoms with Crippen molar-refractivity contribution < 1.29 is 9.90 Å². The molecule has 1 saturated carbocycles. The second-order valence-electron chi connectivity index (χ2n) is 8.22. The van der Waals surface area contributed by atoms with Crippen LogP contribution in [0.5, 0.6) is 0 Å². The zero-order valence-electron chi connectivity index (χ0n) is 14.3. The molecular weight excluding hydrogens is 272 g/mol. The molecule has 120 valence electrons. The van der Waals surface area contributed by atoms with Crippen LogP contribution in [0.4, 0.5) is 0 Å². The Balaban J connectivity index is 2.14. The largest absolute Gasteiger partial charge is 0.396 e. The molecule has 1 aromatic rings. The Labute approximate surface area is 133 Å². The summed E-state index contributed by atoms with van der Waals surface area (Å²) >= 11 is 0. The second kappa shape index (κ2) is 5.19. The van der Waals surface area contributed by atoms with E-state index in [0.29, 0.717) is 12.3 Å². The predicted molar refractivity (Wildman–Crippen MR) is 89.4 cm³/mol. The zero-order valence-corrected chi connectivity index (χ0v) is 14.3. The lowest BCUT2D eigenvalue weighted by atomic mass is 9.50. The van der Waals surface area contributed by atoms with Gasteiger partial charge in [0.1, 0.15) is 0 Å². The van der Waals surface area contributed by atoms with Crippen LogP contribution in [-0.4, -0.2) is 17.5 Å². The predicted octanol–water partition coefficient (Wildman–Crippen LogP) is 4.45. The van der Waals surface area contributed by atoms with E-state index in [0.717, 1.165) is 24.8 Å². The van der Waals surface area contributed by atoms with Gasteiger partial charge in [0.25, 0.3) is 0 Å². The standard InChI is InChI=1S/C20H28O2/c1-13(2)14-6-7-16-15(10-14)17(22)11-18-19(3,12-21)8-5-9-20(16,18)4/h6-7,10,13,18,21H,5,8-9,11-12H2,1-4H3/t18-,19-,20+/m0/s1. The number of Topliss-reactive ketones (excluding diaryl/α,β-unsaturated/α-hetero) is 1. The summed E-state index contributed by atoms with van der Waals surface area (Å²) in [7, 11) is 0. The molecule has 2 heteroatoms. The molecule has 0 spiro atoms. The van der Waals surface area contributed by atoms with E-state index in [4.69, 9.17) is 0 Å². The molecule has 0 amide bonds. The topological polar surface area (TPSA) is 37.3 Å². The Morgan fingerprint density at radius 1 is 1.27 bits per heavy atom. The Bertz CT molecular complexity index is 604. The van der Waals surface area contributed by atoms with Crippen LogP contribution in [-0.2, 0) is 5.41 Å². The molecule has 0 heterocycles. The number of rotatable bonds is 2. The van der Waals surface area contributed by atoms with Crippen molar-refractivity contribution in [2.24, 2.45) is 11.3 Å².